The number of fused-ring (bicyclic) bond motifs is 1. The Bertz CT molecular complexity index is 659. The van der Waals surface area contributed by atoms with Gasteiger partial charge in [-0.25, -0.2) is 14.1 Å². The molecule has 3 rings (SSSR count). The third-order valence-corrected chi connectivity index (χ3v) is 3.69. The van der Waals surface area contributed by atoms with Crippen LogP contribution in [0, 0.1) is 5.82 Å². The van der Waals surface area contributed by atoms with Crippen molar-refractivity contribution < 1.29 is 14.0 Å². The Hall–Kier alpha value is -2.08. The van der Waals surface area contributed by atoms with Crippen molar-refractivity contribution in [3.05, 3.63) is 34.7 Å². The molecule has 1 saturated heterocycles. The average molecular weight is 296 g/mol. The Balaban J connectivity index is 2.09. The molecule has 0 radical (unpaired) electrons. The van der Waals surface area contributed by atoms with Crippen molar-refractivity contribution in [2.75, 3.05) is 17.2 Å². The molecule has 20 heavy (non-hydrogen) atoms. The van der Waals surface area contributed by atoms with E-state index in [1.807, 2.05) is 0 Å². The number of nitrogens with two attached hydrogens (primary N) is 1. The fourth-order valence-corrected chi connectivity index (χ4v) is 2.53. The van der Waals surface area contributed by atoms with Gasteiger partial charge in [0.05, 0.1) is 16.4 Å². The van der Waals surface area contributed by atoms with Gasteiger partial charge in [-0.3, -0.25) is 9.69 Å². The largest absolute Gasteiger partial charge is 0.397 e. The van der Waals surface area contributed by atoms with Crippen molar-refractivity contribution in [2.45, 2.75) is 12.8 Å². The van der Waals surface area contributed by atoms with E-state index in [1.165, 1.54) is 11.0 Å². The number of halogens is 2. The third-order valence-electron chi connectivity index (χ3n) is 3.37. The predicted octanol–water partition coefficient (Wildman–Crippen LogP) is 2.51. The SMILES string of the molecule is Nc1cc(N2C(=O)C3=CCCCN3C2=O)c(F)cc1Cl. The van der Waals surface area contributed by atoms with Gasteiger partial charge >= 0.3 is 6.03 Å². The number of imide groups is 1. The maximum absolute atomic E-state index is 14.0. The number of anilines is 2. The number of benzene rings is 1. The summed E-state index contributed by atoms with van der Waals surface area (Å²) in [6, 6.07) is 1.65. The first-order valence-corrected chi connectivity index (χ1v) is 6.49. The van der Waals surface area contributed by atoms with E-state index in [0.29, 0.717) is 12.2 Å². The van der Waals surface area contributed by atoms with Crippen molar-refractivity contribution in [2.24, 2.45) is 0 Å². The van der Waals surface area contributed by atoms with E-state index < -0.39 is 17.8 Å². The molecule has 1 aromatic rings. The summed E-state index contributed by atoms with van der Waals surface area (Å²) in [6.07, 6.45) is 3.20. The van der Waals surface area contributed by atoms with Crippen LogP contribution in [-0.4, -0.2) is 23.4 Å². The summed E-state index contributed by atoms with van der Waals surface area (Å²) in [7, 11) is 0. The Labute approximate surface area is 119 Å². The minimum atomic E-state index is -0.758. The molecule has 104 valence electrons. The minimum Gasteiger partial charge on any atom is -0.397 e. The van der Waals surface area contributed by atoms with Crippen LogP contribution in [0.1, 0.15) is 12.8 Å². The molecule has 2 aliphatic rings. The van der Waals surface area contributed by atoms with Gasteiger partial charge in [0.15, 0.2) is 0 Å². The van der Waals surface area contributed by atoms with Crippen LogP contribution in [0.5, 0.6) is 0 Å². The van der Waals surface area contributed by atoms with Crippen molar-refractivity contribution in [1.82, 2.24) is 4.90 Å². The molecule has 0 unspecified atom stereocenters. The fourth-order valence-electron chi connectivity index (χ4n) is 2.38. The van der Waals surface area contributed by atoms with Crippen molar-refractivity contribution in [3.8, 4) is 0 Å². The zero-order valence-electron chi connectivity index (χ0n) is 10.4. The molecule has 0 atom stereocenters. The number of hydrogen-bond donors (Lipinski definition) is 1. The number of amides is 3. The highest BCUT2D eigenvalue weighted by molar-refractivity contribution is 6.33. The maximum Gasteiger partial charge on any atom is 0.336 e. The number of urea groups is 1. The summed E-state index contributed by atoms with van der Waals surface area (Å²) in [5, 5.41) is 0.0438. The van der Waals surface area contributed by atoms with Crippen LogP contribution in [0.25, 0.3) is 0 Å². The van der Waals surface area contributed by atoms with Gasteiger partial charge in [0, 0.05) is 6.54 Å². The molecule has 0 bridgehead atoms. The predicted molar refractivity (Wildman–Crippen MR) is 72.7 cm³/mol. The molecule has 7 heteroatoms. The van der Waals surface area contributed by atoms with Crippen LogP contribution in [0.2, 0.25) is 5.02 Å². The second-order valence-electron chi connectivity index (χ2n) is 4.63. The summed E-state index contributed by atoms with van der Waals surface area (Å²) in [5.74, 6) is -1.29. The second kappa shape index (κ2) is 4.49. The Morgan fingerprint density at radius 2 is 2.05 bits per heavy atom. The summed E-state index contributed by atoms with van der Waals surface area (Å²) in [5.41, 5.74) is 5.86. The zero-order valence-corrected chi connectivity index (χ0v) is 11.2. The van der Waals surface area contributed by atoms with Crippen LogP contribution < -0.4 is 10.6 Å². The molecule has 1 fully saturated rings. The Kier molecular flexibility index (Phi) is 2.90. The number of nitrogens with zero attached hydrogens (tertiary/aromatic N) is 2. The van der Waals surface area contributed by atoms with Gasteiger partial charge in [0.2, 0.25) is 0 Å². The lowest BCUT2D eigenvalue weighted by Gasteiger charge is -2.19. The van der Waals surface area contributed by atoms with Gasteiger partial charge in [-0.15, -0.1) is 0 Å². The van der Waals surface area contributed by atoms with E-state index in [9.17, 15) is 14.0 Å². The van der Waals surface area contributed by atoms with Gasteiger partial charge in [-0.2, -0.15) is 0 Å². The molecule has 0 spiro atoms. The smallest absolute Gasteiger partial charge is 0.336 e. The van der Waals surface area contributed by atoms with Crippen LogP contribution >= 0.6 is 11.6 Å². The molecule has 5 nitrogen and oxygen atoms in total. The zero-order chi connectivity index (χ0) is 14.4. The molecule has 1 aromatic carbocycles. The highest BCUT2D eigenvalue weighted by Crippen LogP contribution is 2.34. The molecular formula is C13H11ClFN3O2. The van der Waals surface area contributed by atoms with Gasteiger partial charge < -0.3 is 5.73 Å². The molecular weight excluding hydrogens is 285 g/mol. The lowest BCUT2D eigenvalue weighted by atomic mass is 10.2. The molecule has 0 aromatic heterocycles. The third kappa shape index (κ3) is 1.76. The standard InChI is InChI=1S/C13H11ClFN3O2/c14-7-5-8(15)11(6-9(7)16)18-12(19)10-3-1-2-4-17(10)13(18)20/h3,5-6H,1-2,4,16H2. The number of allylic oxidation sites excluding steroid dienone is 1. The number of rotatable bonds is 1. The first-order chi connectivity index (χ1) is 9.50. The molecule has 2 aliphatic heterocycles. The average Bonchev–Trinajstić information content (AvgIpc) is 2.68. The summed E-state index contributed by atoms with van der Waals surface area (Å²) in [4.78, 5) is 26.7. The number of nitrogen functional groups attached to an aromatic ring is 1. The summed E-state index contributed by atoms with van der Waals surface area (Å²) in [6.45, 7) is 0.456. The van der Waals surface area contributed by atoms with Gasteiger partial charge in [0.25, 0.3) is 5.91 Å². The number of hydrogen-bond acceptors (Lipinski definition) is 3. The first kappa shape index (κ1) is 12.9. The minimum absolute atomic E-state index is 0.0438. The monoisotopic (exact) mass is 295 g/mol. The van der Waals surface area contributed by atoms with E-state index in [1.54, 1.807) is 6.08 Å². The second-order valence-corrected chi connectivity index (χ2v) is 5.04. The normalized spacial score (nSPS) is 18.4. The highest BCUT2D eigenvalue weighted by Gasteiger charge is 2.43. The van der Waals surface area contributed by atoms with Crippen LogP contribution in [0.3, 0.4) is 0 Å². The molecule has 2 N–H and O–H groups in total. The van der Waals surface area contributed by atoms with E-state index >= 15 is 0 Å². The van der Waals surface area contributed by atoms with Crippen LogP contribution in [0.15, 0.2) is 23.9 Å². The summed E-state index contributed by atoms with van der Waals surface area (Å²) < 4.78 is 14.0. The lowest BCUT2D eigenvalue weighted by Crippen LogP contribution is -2.34. The molecule has 0 saturated carbocycles. The van der Waals surface area contributed by atoms with Gasteiger partial charge in [-0.05, 0) is 25.0 Å². The fraction of sp³-hybridized carbons (Fsp3) is 0.231. The molecule has 2 heterocycles. The first-order valence-electron chi connectivity index (χ1n) is 6.11. The number of carbonyl (C=O) groups is 2. The molecule has 0 aliphatic carbocycles. The quantitative estimate of drug-likeness (QED) is 0.639. The van der Waals surface area contributed by atoms with E-state index in [2.05, 4.69) is 0 Å². The summed E-state index contributed by atoms with van der Waals surface area (Å²) >= 11 is 5.71. The van der Waals surface area contributed by atoms with E-state index in [4.69, 9.17) is 17.3 Å². The molecule has 3 amide bonds. The van der Waals surface area contributed by atoms with Crippen molar-refractivity contribution in [3.63, 3.8) is 0 Å². The highest BCUT2D eigenvalue weighted by atomic mass is 35.5. The van der Waals surface area contributed by atoms with Gasteiger partial charge in [0.1, 0.15) is 11.5 Å². The maximum atomic E-state index is 14.0. The Morgan fingerprint density at radius 3 is 2.75 bits per heavy atom. The van der Waals surface area contributed by atoms with E-state index in [-0.39, 0.29) is 16.4 Å². The topological polar surface area (TPSA) is 66.6 Å². The van der Waals surface area contributed by atoms with Gasteiger partial charge in [-0.1, -0.05) is 17.7 Å². The van der Waals surface area contributed by atoms with Crippen LogP contribution in [-0.2, 0) is 4.79 Å². The van der Waals surface area contributed by atoms with Crippen molar-refractivity contribution >= 4 is 34.9 Å². The van der Waals surface area contributed by atoms with E-state index in [0.717, 1.165) is 23.8 Å². The van der Waals surface area contributed by atoms with Crippen molar-refractivity contribution in [1.29, 1.82) is 0 Å². The number of carbonyl (C=O) groups excluding carboxylic acids is 2. The Morgan fingerprint density at radius 1 is 1.30 bits per heavy atom. The lowest BCUT2D eigenvalue weighted by molar-refractivity contribution is -0.114. The van der Waals surface area contributed by atoms with Crippen LogP contribution in [0.4, 0.5) is 20.6 Å².